The average molecular weight is 1850 g/mol. The van der Waals surface area contributed by atoms with Crippen LogP contribution in [0.4, 0.5) is 58.4 Å². The smallest absolute Gasteiger partial charge is 0.248 e. The molecule has 8 saturated carbocycles. The Morgan fingerprint density at radius 3 is 1.01 bits per heavy atom. The monoisotopic (exact) mass is 1850 g/mol. The Bertz CT molecular complexity index is 4500. The molecule has 5 N–H and O–H groups in total. The maximum Gasteiger partial charge on any atom is 0.248 e. The third kappa shape index (κ3) is 27.6. The molecule has 0 radical (unpaired) electrons. The van der Waals surface area contributed by atoms with Gasteiger partial charge in [0.25, 0.3) is 0 Å². The van der Waals surface area contributed by atoms with Crippen LogP contribution in [0.5, 0.6) is 0 Å². The zero-order chi connectivity index (χ0) is 84.8. The molecule has 119 heavy (non-hydrogen) atoms. The van der Waals surface area contributed by atoms with Gasteiger partial charge in [-0.3, -0.25) is 4.79 Å². The number of nitrogens with zero attached hydrogens (tertiary/aromatic N) is 12. The number of Topliss-reactive ketones (excluding diaryl/α,β-unsaturated/α-hetero) is 1. The zero-order valence-electron chi connectivity index (χ0n) is 69.5. The number of carbonyl (C=O) groups excluding carboxylic acids is 1. The summed E-state index contributed by atoms with van der Waals surface area (Å²) in [5.41, 5.74) is 6.77. The van der Waals surface area contributed by atoms with Gasteiger partial charge in [-0.25, -0.2) is 94.9 Å². The number of aliphatic hydroxyl groups excluding tert-OH is 1. The minimum Gasteiger partial charge on any atom is -0.387 e. The van der Waals surface area contributed by atoms with Gasteiger partial charge in [-0.15, -0.1) is 45.3 Å². The molecule has 8 aromatic heterocycles. The molecule has 1 unspecified atom stereocenters. The van der Waals surface area contributed by atoms with Gasteiger partial charge in [0.15, 0.2) is 49.1 Å². The molecule has 1 atom stereocenters. The van der Waals surface area contributed by atoms with Crippen LogP contribution >= 0.6 is 56.9 Å². The van der Waals surface area contributed by atoms with Gasteiger partial charge in [0.2, 0.25) is 23.7 Å². The maximum absolute atomic E-state index is 13.4. The molecular formula is C87H115ClF8N16O2S4Sn. The molecule has 8 aliphatic carbocycles. The second-order valence-electron chi connectivity index (χ2n) is 33.9. The van der Waals surface area contributed by atoms with Crippen LogP contribution in [0.3, 0.4) is 0 Å². The number of aromatic nitrogens is 12. The van der Waals surface area contributed by atoms with Crippen molar-refractivity contribution in [1.29, 1.82) is 0 Å². The van der Waals surface area contributed by atoms with E-state index in [0.29, 0.717) is 143 Å². The van der Waals surface area contributed by atoms with E-state index in [1.54, 1.807) is 53.4 Å². The van der Waals surface area contributed by atoms with Crippen molar-refractivity contribution in [3.63, 3.8) is 0 Å². The number of thiazole rings is 4. The topological polar surface area (TPSA) is 240 Å². The first-order valence-corrected chi connectivity index (χ1v) is 54.4. The Morgan fingerprint density at radius 1 is 0.437 bits per heavy atom. The van der Waals surface area contributed by atoms with Crippen molar-refractivity contribution in [1.82, 2.24) is 59.8 Å². The number of hydrogen-bond acceptors (Lipinski definition) is 22. The average Bonchev–Trinajstić information content (AvgIpc) is 1.73. The molecule has 0 aliphatic heterocycles. The van der Waals surface area contributed by atoms with Gasteiger partial charge >= 0.3 is 114 Å². The molecule has 8 fully saturated rings. The number of allylic oxidation sites excluding steroid dienone is 2. The number of halogens is 9. The van der Waals surface area contributed by atoms with Crippen LogP contribution in [0.15, 0.2) is 62.5 Å². The molecular weight excluding hydrogens is 1740 g/mol. The predicted octanol–water partition coefficient (Wildman–Crippen LogP) is 26.2. The minimum atomic E-state index is -2.57. The summed E-state index contributed by atoms with van der Waals surface area (Å²) in [7, 11) is 0. The molecule has 18 nitrogen and oxygen atoms in total. The predicted molar refractivity (Wildman–Crippen MR) is 468 cm³/mol. The van der Waals surface area contributed by atoms with Crippen molar-refractivity contribution in [3.05, 3.63) is 108 Å². The number of nitrogens with one attached hydrogen (secondary N) is 4. The van der Waals surface area contributed by atoms with Crippen molar-refractivity contribution >= 4 is 110 Å². The van der Waals surface area contributed by atoms with Crippen LogP contribution in [0.2, 0.25) is 18.5 Å². The van der Waals surface area contributed by atoms with Gasteiger partial charge in [0.05, 0.1) is 40.3 Å². The Hall–Kier alpha value is -6.32. The third-order valence-electron chi connectivity index (χ3n) is 23.4. The molecule has 32 heteroatoms. The Morgan fingerprint density at radius 2 is 0.723 bits per heavy atom. The van der Waals surface area contributed by atoms with Crippen molar-refractivity contribution in [2.75, 3.05) is 21.3 Å². The number of unbranched alkanes of at least 4 members (excludes halogenated alkanes) is 3. The zero-order valence-corrected chi connectivity index (χ0v) is 76.4. The minimum absolute atomic E-state index is 0.00802. The van der Waals surface area contributed by atoms with Gasteiger partial charge in [-0.2, -0.15) is 0 Å². The number of anilines is 4. The van der Waals surface area contributed by atoms with E-state index >= 15 is 0 Å². The number of rotatable bonds is 30. The van der Waals surface area contributed by atoms with Crippen molar-refractivity contribution in [2.24, 2.45) is 0 Å². The fourth-order valence-corrected chi connectivity index (χ4v) is 34.9. The molecule has 8 heterocycles. The van der Waals surface area contributed by atoms with Crippen molar-refractivity contribution in [3.8, 4) is 43.3 Å². The van der Waals surface area contributed by atoms with Gasteiger partial charge in [0, 0.05) is 152 Å². The summed E-state index contributed by atoms with van der Waals surface area (Å²) in [4.78, 5) is 66.1. The van der Waals surface area contributed by atoms with Gasteiger partial charge < -0.3 is 26.4 Å². The molecule has 646 valence electrons. The van der Waals surface area contributed by atoms with E-state index in [4.69, 9.17) is 11.6 Å². The summed E-state index contributed by atoms with van der Waals surface area (Å²) in [5.74, 6) is -3.84. The van der Waals surface area contributed by atoms with E-state index in [1.165, 1.54) is 124 Å². The van der Waals surface area contributed by atoms with Crippen LogP contribution in [0.25, 0.3) is 48.9 Å². The van der Waals surface area contributed by atoms with Gasteiger partial charge in [-0.1, -0.05) is 18.2 Å². The van der Waals surface area contributed by atoms with E-state index in [1.807, 2.05) is 29.1 Å². The summed E-state index contributed by atoms with van der Waals surface area (Å²) >= 11 is 10.2. The quantitative estimate of drug-likeness (QED) is 0.0122. The van der Waals surface area contributed by atoms with Crippen molar-refractivity contribution in [2.45, 2.75) is 338 Å². The SMILES string of the molecule is C=C(C)c1cc(NC2CCC(F)(F)CC2)nc(-c2nc(C3CC3)cs2)n1.C=[C](CC)[Sn]([CH2]CCC)([CH2]CCC)[CH2]CCC.CC(=O)c1cc(NC2CCC(F)(F)CC2)nc(-c2nc(C3CC3)cs2)n1.CC(O)c1cc(NC2CCC(F)(F)CC2)nc(-c2nc(C3CC3)cs2)n1.FC1(F)CCC(Nc2cc(Cl)nc(-c3nc(C4CC4)cs3)n2)CC1. The first kappa shape index (κ1) is 91.9. The molecule has 0 bridgehead atoms. The number of aliphatic hydroxyl groups is 1. The maximum atomic E-state index is 13.4. The number of hydrogen-bond donors (Lipinski definition) is 5. The molecule has 0 spiro atoms. The summed E-state index contributed by atoms with van der Waals surface area (Å²) in [5, 5.41) is 34.4. The molecule has 0 saturated heterocycles. The molecule has 0 amide bonds. The van der Waals surface area contributed by atoms with Crippen LogP contribution in [-0.4, -0.2) is 137 Å². The van der Waals surface area contributed by atoms with Crippen molar-refractivity contribution < 1.29 is 45.0 Å². The summed E-state index contributed by atoms with van der Waals surface area (Å²) in [6.07, 6.45) is 21.0. The molecule has 0 aromatic carbocycles. The summed E-state index contributed by atoms with van der Waals surface area (Å²) in [6.45, 7) is 22.8. The van der Waals surface area contributed by atoms with Gasteiger partial charge in [0.1, 0.15) is 34.1 Å². The van der Waals surface area contributed by atoms with E-state index in [9.17, 15) is 45.0 Å². The van der Waals surface area contributed by atoms with Crippen LogP contribution in [-0.2, 0) is 0 Å². The van der Waals surface area contributed by atoms with E-state index in [-0.39, 0.29) is 81.3 Å². The largest absolute Gasteiger partial charge is 0.387 e. The third-order valence-corrected chi connectivity index (χ3v) is 43.6. The number of ketones is 1. The van der Waals surface area contributed by atoms with Crippen LogP contribution < -0.4 is 21.3 Å². The van der Waals surface area contributed by atoms with E-state index in [0.717, 1.165) is 61.9 Å². The second kappa shape index (κ2) is 41.4. The first-order chi connectivity index (χ1) is 56.8. The summed E-state index contributed by atoms with van der Waals surface area (Å²) < 4.78 is 113. The number of alkyl halides is 8. The Labute approximate surface area is 720 Å². The molecule has 16 rings (SSSR count). The van der Waals surface area contributed by atoms with E-state index < -0.39 is 48.2 Å². The Kier molecular flexibility index (Phi) is 32.0. The fraction of sp³-hybridized carbons (Fsp3) is 0.621. The second-order valence-corrected chi connectivity index (χ2v) is 51.3. The molecule has 8 aromatic rings. The van der Waals surface area contributed by atoms with Gasteiger partial charge in [-0.05, 0) is 122 Å². The summed E-state index contributed by atoms with van der Waals surface area (Å²) in [6, 6.07) is 6.63. The van der Waals surface area contributed by atoms with Crippen LogP contribution in [0, 0.1) is 0 Å². The standard InChI is InChI=1S/C19H22F2N4S.C18H22F2N4OS.C18H20F2N4OS.C16H17ClF2N4S.3C4H9.C4H7.Sn/c1-11(2)14-9-16(22-13-5-7-19(20,21)8-6-13)25-17(23-14)18-24-15(10-26-18)12-3-4-12;2*1-10(25)13-8-15(21-12-4-6-18(19,20)7-5-12)24-16(22-13)17-23-14(9-26-17)11-2-3-11;17-12-7-13(20-10-3-5-16(18,19)6-4-10)23-14(22-12)15-21-11(8-24-15)9-1-2-9;4*1-3-4-2;/h9-10,12-13H,1,3-8H2,2H3,(H,22,23,25);8-12,25H,2-7H2,1H3,(H,21,22,24);8-9,11-12H,2-7H2,1H3,(H,21,22,24);7-10H,1-6H2,(H,20,22,23);3*1,3-4H2,2H3;1,4H2,2H3;. The Balaban J connectivity index is 0.000000138. The first-order valence-electron chi connectivity index (χ1n) is 43.0. The normalized spacial score (nSPS) is 19.4. The fourth-order valence-electron chi connectivity index (χ4n) is 15.3. The molecule has 8 aliphatic rings. The van der Waals surface area contributed by atoms with Crippen LogP contribution in [0.1, 0.15) is 322 Å². The van der Waals surface area contributed by atoms with E-state index in [2.05, 4.69) is 127 Å². The number of carbonyl (C=O) groups is 1.